The molecule has 0 aliphatic carbocycles. The molecule has 1 N–H and O–H groups in total. The Balaban J connectivity index is 2.29. The van der Waals surface area contributed by atoms with Crippen molar-refractivity contribution in [2.45, 2.75) is 18.7 Å². The number of rotatable bonds is 3. The molecule has 0 spiro atoms. The number of halogens is 3. The monoisotopic (exact) mass is 270 g/mol. The third kappa shape index (κ3) is 2.96. The molecule has 0 fully saturated rings. The Morgan fingerprint density at radius 1 is 1.32 bits per heavy atom. The largest absolute Gasteiger partial charge is 0.416 e. The molecule has 2 aromatic rings. The molecular formula is C13H13F3N2O. The fourth-order valence-electron chi connectivity index (χ4n) is 1.92. The van der Waals surface area contributed by atoms with E-state index in [0.29, 0.717) is 5.82 Å². The van der Waals surface area contributed by atoms with Crippen LogP contribution in [0, 0.1) is 0 Å². The highest BCUT2D eigenvalue weighted by Crippen LogP contribution is 2.35. The van der Waals surface area contributed by atoms with Crippen molar-refractivity contribution < 1.29 is 18.3 Å². The highest BCUT2D eigenvalue weighted by molar-refractivity contribution is 5.32. The van der Waals surface area contributed by atoms with E-state index in [9.17, 15) is 18.3 Å². The zero-order valence-corrected chi connectivity index (χ0v) is 10.2. The molecule has 0 aliphatic heterocycles. The highest BCUT2D eigenvalue weighted by Gasteiger charge is 2.34. The Kier molecular flexibility index (Phi) is 3.61. The summed E-state index contributed by atoms with van der Waals surface area (Å²) in [7, 11) is 1.73. The first kappa shape index (κ1) is 13.6. The topological polar surface area (TPSA) is 38.0 Å². The lowest BCUT2D eigenvalue weighted by Gasteiger charge is -2.17. The fourth-order valence-corrected chi connectivity index (χ4v) is 1.92. The van der Waals surface area contributed by atoms with Gasteiger partial charge >= 0.3 is 6.18 Å². The minimum Gasteiger partial charge on any atom is -0.388 e. The van der Waals surface area contributed by atoms with Crippen LogP contribution < -0.4 is 0 Å². The van der Waals surface area contributed by atoms with Gasteiger partial charge in [0, 0.05) is 25.9 Å². The van der Waals surface area contributed by atoms with E-state index >= 15 is 0 Å². The number of aryl methyl sites for hydroxylation is 1. The third-order valence-corrected chi connectivity index (χ3v) is 2.92. The maximum atomic E-state index is 12.8. The van der Waals surface area contributed by atoms with Crippen LogP contribution in [-0.2, 0) is 19.6 Å². The standard InChI is InChI=1S/C13H13F3N2O/c1-18-7-6-17-12(18)8-11(19)9-4-2-3-5-10(9)13(14,15)16/h2-7,11,19H,8H2,1H3. The van der Waals surface area contributed by atoms with Crippen LogP contribution >= 0.6 is 0 Å². The second kappa shape index (κ2) is 5.05. The van der Waals surface area contributed by atoms with Crippen molar-refractivity contribution in [1.29, 1.82) is 0 Å². The molecule has 0 bridgehead atoms. The molecule has 102 valence electrons. The Morgan fingerprint density at radius 3 is 2.58 bits per heavy atom. The van der Waals surface area contributed by atoms with E-state index in [1.807, 2.05) is 0 Å². The lowest BCUT2D eigenvalue weighted by atomic mass is 9.99. The van der Waals surface area contributed by atoms with Gasteiger partial charge in [0.2, 0.25) is 0 Å². The summed E-state index contributed by atoms with van der Waals surface area (Å²) in [5.74, 6) is 0.532. The maximum Gasteiger partial charge on any atom is 0.416 e. The van der Waals surface area contributed by atoms with Gasteiger partial charge in [-0.2, -0.15) is 13.2 Å². The van der Waals surface area contributed by atoms with Crippen LogP contribution in [0.3, 0.4) is 0 Å². The Morgan fingerprint density at radius 2 is 2.00 bits per heavy atom. The smallest absolute Gasteiger partial charge is 0.388 e. The summed E-state index contributed by atoms with van der Waals surface area (Å²) in [5.41, 5.74) is -0.935. The Hall–Kier alpha value is -1.82. The van der Waals surface area contributed by atoms with Gasteiger partial charge in [0.25, 0.3) is 0 Å². The fraction of sp³-hybridized carbons (Fsp3) is 0.308. The highest BCUT2D eigenvalue weighted by atomic mass is 19.4. The second-order valence-electron chi connectivity index (χ2n) is 4.26. The van der Waals surface area contributed by atoms with Crippen molar-refractivity contribution in [1.82, 2.24) is 9.55 Å². The SMILES string of the molecule is Cn1ccnc1CC(O)c1ccccc1C(F)(F)F. The number of aliphatic hydroxyl groups is 1. The van der Waals surface area contributed by atoms with Crippen LogP contribution in [-0.4, -0.2) is 14.7 Å². The number of hydrogen-bond donors (Lipinski definition) is 1. The van der Waals surface area contributed by atoms with E-state index in [1.54, 1.807) is 17.8 Å². The van der Waals surface area contributed by atoms with Crippen molar-refractivity contribution in [2.75, 3.05) is 0 Å². The van der Waals surface area contributed by atoms with Crippen molar-refractivity contribution in [2.24, 2.45) is 7.05 Å². The van der Waals surface area contributed by atoms with Crippen molar-refractivity contribution in [3.05, 3.63) is 53.6 Å². The van der Waals surface area contributed by atoms with Crippen LogP contribution in [0.2, 0.25) is 0 Å². The molecule has 2 rings (SSSR count). The van der Waals surface area contributed by atoms with Gasteiger partial charge in [-0.15, -0.1) is 0 Å². The van der Waals surface area contributed by atoms with E-state index in [2.05, 4.69) is 4.98 Å². The number of hydrogen-bond acceptors (Lipinski definition) is 2. The molecule has 1 atom stereocenters. The van der Waals surface area contributed by atoms with Crippen molar-refractivity contribution in [3.8, 4) is 0 Å². The summed E-state index contributed by atoms with van der Waals surface area (Å²) >= 11 is 0. The molecule has 1 aromatic carbocycles. The van der Waals surface area contributed by atoms with Crippen LogP contribution in [0.15, 0.2) is 36.7 Å². The molecule has 1 unspecified atom stereocenters. The van der Waals surface area contributed by atoms with Gasteiger partial charge in [0.05, 0.1) is 11.7 Å². The van der Waals surface area contributed by atoms with Gasteiger partial charge in [-0.25, -0.2) is 4.98 Å². The molecule has 1 heterocycles. The predicted octanol–water partition coefficient (Wildman–Crippen LogP) is 2.72. The first-order valence-corrected chi connectivity index (χ1v) is 5.70. The molecular weight excluding hydrogens is 257 g/mol. The van der Waals surface area contributed by atoms with Gasteiger partial charge in [-0.3, -0.25) is 0 Å². The second-order valence-corrected chi connectivity index (χ2v) is 4.26. The molecule has 0 radical (unpaired) electrons. The lowest BCUT2D eigenvalue weighted by molar-refractivity contribution is -0.139. The summed E-state index contributed by atoms with van der Waals surface area (Å²) in [6.07, 6.45) is -2.45. The molecule has 1 aromatic heterocycles. The van der Waals surface area contributed by atoms with Gasteiger partial charge < -0.3 is 9.67 Å². The number of aliphatic hydroxyl groups excluding tert-OH is 1. The summed E-state index contributed by atoms with van der Waals surface area (Å²) in [5, 5.41) is 10.0. The van der Waals surface area contributed by atoms with E-state index < -0.39 is 17.8 Å². The lowest BCUT2D eigenvalue weighted by Crippen LogP contribution is -2.14. The normalized spacial score (nSPS) is 13.5. The van der Waals surface area contributed by atoms with E-state index in [1.165, 1.54) is 24.4 Å². The maximum absolute atomic E-state index is 12.8. The number of nitrogens with zero attached hydrogens (tertiary/aromatic N) is 2. The van der Waals surface area contributed by atoms with Gasteiger partial charge in [-0.1, -0.05) is 18.2 Å². The molecule has 3 nitrogen and oxygen atoms in total. The third-order valence-electron chi connectivity index (χ3n) is 2.92. The molecule has 0 aliphatic rings. The van der Waals surface area contributed by atoms with Gasteiger partial charge in [-0.05, 0) is 11.6 Å². The summed E-state index contributed by atoms with van der Waals surface area (Å²) in [4.78, 5) is 3.99. The number of benzene rings is 1. The first-order valence-electron chi connectivity index (χ1n) is 5.70. The minimum atomic E-state index is -4.47. The minimum absolute atomic E-state index is 0.0383. The van der Waals surface area contributed by atoms with Crippen LogP contribution in [0.4, 0.5) is 13.2 Å². The van der Waals surface area contributed by atoms with E-state index in [-0.39, 0.29) is 12.0 Å². The summed E-state index contributed by atoms with van der Waals surface area (Å²) < 4.78 is 40.2. The average molecular weight is 270 g/mol. The van der Waals surface area contributed by atoms with Crippen LogP contribution in [0.5, 0.6) is 0 Å². The number of alkyl halides is 3. The molecule has 6 heteroatoms. The average Bonchev–Trinajstić information content (AvgIpc) is 2.74. The van der Waals surface area contributed by atoms with E-state index in [0.717, 1.165) is 6.07 Å². The molecule has 0 amide bonds. The quantitative estimate of drug-likeness (QED) is 0.931. The van der Waals surface area contributed by atoms with Crippen LogP contribution in [0.1, 0.15) is 23.1 Å². The van der Waals surface area contributed by atoms with E-state index in [4.69, 9.17) is 0 Å². The first-order chi connectivity index (χ1) is 8.89. The zero-order chi connectivity index (χ0) is 14.0. The van der Waals surface area contributed by atoms with Gasteiger partial charge in [0.1, 0.15) is 5.82 Å². The summed E-state index contributed by atoms with van der Waals surface area (Å²) in [6.45, 7) is 0. The Labute approximate surface area is 108 Å². The van der Waals surface area contributed by atoms with Gasteiger partial charge in [0.15, 0.2) is 0 Å². The molecule has 0 saturated heterocycles. The molecule has 19 heavy (non-hydrogen) atoms. The molecule has 0 saturated carbocycles. The van der Waals surface area contributed by atoms with Crippen molar-refractivity contribution >= 4 is 0 Å². The van der Waals surface area contributed by atoms with Crippen LogP contribution in [0.25, 0.3) is 0 Å². The predicted molar refractivity (Wildman–Crippen MR) is 63.3 cm³/mol. The summed E-state index contributed by atoms with van der Waals surface area (Å²) in [6, 6.07) is 5.04. The van der Waals surface area contributed by atoms with Crippen molar-refractivity contribution in [3.63, 3.8) is 0 Å². The number of imidazole rings is 1. The number of aromatic nitrogens is 2. The zero-order valence-electron chi connectivity index (χ0n) is 10.2. The Bertz CT molecular complexity index is 563.